The quantitative estimate of drug-likeness (QED) is 0.663. The van der Waals surface area contributed by atoms with Crippen molar-refractivity contribution in [3.05, 3.63) is 59.7 Å². The molecular formula is C26H33N5O2. The van der Waals surface area contributed by atoms with Crippen LogP contribution < -0.4 is 20.9 Å². The second kappa shape index (κ2) is 9.35. The summed E-state index contributed by atoms with van der Waals surface area (Å²) in [6, 6.07) is 14.9. The normalized spacial score (nSPS) is 22.5. The van der Waals surface area contributed by atoms with Crippen molar-refractivity contribution >= 4 is 29.0 Å². The maximum atomic E-state index is 13.3. The van der Waals surface area contributed by atoms with Gasteiger partial charge in [-0.1, -0.05) is 44.2 Å². The van der Waals surface area contributed by atoms with Gasteiger partial charge in [-0.3, -0.25) is 9.79 Å². The number of rotatable bonds is 3. The van der Waals surface area contributed by atoms with E-state index in [1.165, 1.54) is 0 Å². The van der Waals surface area contributed by atoms with E-state index in [0.29, 0.717) is 5.69 Å². The van der Waals surface area contributed by atoms with Crippen molar-refractivity contribution in [2.75, 3.05) is 23.8 Å². The summed E-state index contributed by atoms with van der Waals surface area (Å²) in [6.45, 7) is 7.42. The fraction of sp³-hybridized carbons (Fsp3) is 0.423. The van der Waals surface area contributed by atoms with E-state index in [1.54, 1.807) is 11.9 Å². The predicted molar refractivity (Wildman–Crippen MR) is 133 cm³/mol. The first-order valence-electron chi connectivity index (χ1n) is 11.6. The molecule has 2 aromatic carbocycles. The number of anilines is 2. The Morgan fingerprint density at radius 2 is 1.94 bits per heavy atom. The van der Waals surface area contributed by atoms with Crippen LogP contribution in [0.4, 0.5) is 16.2 Å². The van der Waals surface area contributed by atoms with Crippen LogP contribution in [0, 0.1) is 12.3 Å². The molecule has 0 aliphatic carbocycles. The Morgan fingerprint density at radius 3 is 2.73 bits per heavy atom. The van der Waals surface area contributed by atoms with Crippen LogP contribution in [0.3, 0.4) is 0 Å². The van der Waals surface area contributed by atoms with Gasteiger partial charge in [-0.15, -0.1) is 0 Å². The Balaban J connectivity index is 1.64. The van der Waals surface area contributed by atoms with Crippen molar-refractivity contribution in [1.82, 2.24) is 10.6 Å². The van der Waals surface area contributed by atoms with Crippen LogP contribution in [-0.4, -0.2) is 43.5 Å². The molecule has 174 valence electrons. The minimum Gasteiger partial charge on any atom is -0.311 e. The SMILES string of the molecule is Cc1cccc(NC(=O)NC2N=C(C3CCC(C)(C)CCN3)c3ccccc3N(C)C2=O)c1. The molecule has 0 saturated carbocycles. The van der Waals surface area contributed by atoms with Crippen molar-refractivity contribution in [3.63, 3.8) is 0 Å². The smallest absolute Gasteiger partial charge is 0.311 e. The molecule has 7 nitrogen and oxygen atoms in total. The molecule has 2 aromatic rings. The zero-order chi connectivity index (χ0) is 23.6. The third-order valence-electron chi connectivity index (χ3n) is 6.55. The Labute approximate surface area is 195 Å². The molecule has 2 aliphatic heterocycles. The molecule has 3 amide bonds. The summed E-state index contributed by atoms with van der Waals surface area (Å²) in [4.78, 5) is 32.5. The number of aryl methyl sites for hydroxylation is 1. The average Bonchev–Trinajstić information content (AvgIpc) is 3.01. The first-order chi connectivity index (χ1) is 15.7. The van der Waals surface area contributed by atoms with E-state index in [9.17, 15) is 9.59 Å². The van der Waals surface area contributed by atoms with Gasteiger partial charge in [-0.2, -0.15) is 0 Å². The standard InChI is InChI=1S/C26H33N5O2/c1-17-8-7-9-18(16-17)28-25(33)30-23-24(32)31(4)21-11-6-5-10-19(21)22(29-23)20-12-13-26(2,3)14-15-27-20/h5-11,16,20,23,27H,12-15H2,1-4H3,(H2,28,30,33). The highest BCUT2D eigenvalue weighted by Gasteiger charge is 2.34. The Kier molecular flexibility index (Phi) is 6.51. The molecule has 0 spiro atoms. The van der Waals surface area contributed by atoms with E-state index in [1.807, 2.05) is 55.5 Å². The van der Waals surface area contributed by atoms with Crippen LogP contribution in [0.2, 0.25) is 0 Å². The summed E-state index contributed by atoms with van der Waals surface area (Å²) in [7, 11) is 1.73. The number of nitrogens with zero attached hydrogens (tertiary/aromatic N) is 2. The van der Waals surface area contributed by atoms with Gasteiger partial charge in [0, 0.05) is 24.3 Å². The number of hydrogen-bond donors (Lipinski definition) is 3. The van der Waals surface area contributed by atoms with Crippen molar-refractivity contribution in [3.8, 4) is 0 Å². The molecule has 2 heterocycles. The second-order valence-corrected chi connectivity index (χ2v) is 9.76. The van der Waals surface area contributed by atoms with E-state index < -0.39 is 12.2 Å². The first kappa shape index (κ1) is 23.0. The van der Waals surface area contributed by atoms with E-state index in [-0.39, 0.29) is 17.4 Å². The largest absolute Gasteiger partial charge is 0.321 e. The lowest BCUT2D eigenvalue weighted by atomic mass is 9.84. The van der Waals surface area contributed by atoms with Crippen LogP contribution >= 0.6 is 0 Å². The number of para-hydroxylation sites is 1. The van der Waals surface area contributed by atoms with Gasteiger partial charge in [-0.05, 0) is 61.9 Å². The van der Waals surface area contributed by atoms with E-state index >= 15 is 0 Å². The third kappa shape index (κ3) is 5.25. The molecule has 4 rings (SSSR count). The number of amides is 3. The zero-order valence-corrected chi connectivity index (χ0v) is 19.8. The Bertz CT molecular complexity index is 1080. The van der Waals surface area contributed by atoms with Crippen molar-refractivity contribution in [2.24, 2.45) is 10.4 Å². The molecule has 1 saturated heterocycles. The molecule has 2 atom stereocenters. The lowest BCUT2D eigenvalue weighted by Gasteiger charge is -2.22. The number of benzodiazepines with no additional fused rings is 1. The molecule has 2 unspecified atom stereocenters. The van der Waals surface area contributed by atoms with Crippen LogP contribution in [0.5, 0.6) is 0 Å². The number of aliphatic imine (C=N–C) groups is 1. The molecule has 3 N–H and O–H groups in total. The van der Waals surface area contributed by atoms with Gasteiger partial charge in [0.2, 0.25) is 6.17 Å². The molecule has 7 heteroatoms. The highest BCUT2D eigenvalue weighted by Crippen LogP contribution is 2.32. The van der Waals surface area contributed by atoms with E-state index in [2.05, 4.69) is 29.8 Å². The van der Waals surface area contributed by atoms with Gasteiger partial charge in [0.25, 0.3) is 5.91 Å². The van der Waals surface area contributed by atoms with Gasteiger partial charge in [-0.25, -0.2) is 4.79 Å². The zero-order valence-electron chi connectivity index (χ0n) is 19.8. The number of carbonyl (C=O) groups excluding carboxylic acids is 2. The highest BCUT2D eigenvalue weighted by molar-refractivity contribution is 6.15. The van der Waals surface area contributed by atoms with Crippen LogP contribution in [0.1, 0.15) is 44.2 Å². The number of carbonyl (C=O) groups is 2. The molecule has 0 aromatic heterocycles. The van der Waals surface area contributed by atoms with Gasteiger partial charge < -0.3 is 20.9 Å². The number of nitrogens with one attached hydrogen (secondary N) is 3. The van der Waals surface area contributed by atoms with Crippen molar-refractivity contribution in [2.45, 2.75) is 52.2 Å². The van der Waals surface area contributed by atoms with Crippen molar-refractivity contribution in [1.29, 1.82) is 0 Å². The molecule has 0 radical (unpaired) electrons. The predicted octanol–water partition coefficient (Wildman–Crippen LogP) is 4.08. The lowest BCUT2D eigenvalue weighted by Crippen LogP contribution is -2.47. The molecule has 2 aliphatic rings. The van der Waals surface area contributed by atoms with Crippen LogP contribution in [-0.2, 0) is 4.79 Å². The topological polar surface area (TPSA) is 85.8 Å². The van der Waals surface area contributed by atoms with Crippen LogP contribution in [0.15, 0.2) is 53.5 Å². The number of likely N-dealkylation sites (N-methyl/N-ethyl adjacent to an activating group) is 1. The molecular weight excluding hydrogens is 414 g/mol. The summed E-state index contributed by atoms with van der Waals surface area (Å²) < 4.78 is 0. The van der Waals surface area contributed by atoms with Gasteiger partial charge in [0.1, 0.15) is 0 Å². The minimum absolute atomic E-state index is 0.0105. The van der Waals surface area contributed by atoms with E-state index in [4.69, 9.17) is 4.99 Å². The van der Waals surface area contributed by atoms with Crippen molar-refractivity contribution < 1.29 is 9.59 Å². The number of urea groups is 1. The summed E-state index contributed by atoms with van der Waals surface area (Å²) in [5, 5.41) is 9.24. The summed E-state index contributed by atoms with van der Waals surface area (Å²) in [6.07, 6.45) is 2.04. The maximum Gasteiger partial charge on any atom is 0.321 e. The molecule has 1 fully saturated rings. The first-order valence-corrected chi connectivity index (χ1v) is 11.6. The second-order valence-electron chi connectivity index (χ2n) is 9.76. The number of fused-ring (bicyclic) bond motifs is 1. The van der Waals surface area contributed by atoms with Gasteiger partial charge in [0.05, 0.1) is 11.4 Å². The number of benzene rings is 2. The van der Waals surface area contributed by atoms with Gasteiger partial charge in [0.15, 0.2) is 0 Å². The summed E-state index contributed by atoms with van der Waals surface area (Å²) >= 11 is 0. The Hall–Kier alpha value is -3.19. The fourth-order valence-electron chi connectivity index (χ4n) is 4.51. The minimum atomic E-state index is -1.01. The highest BCUT2D eigenvalue weighted by atomic mass is 16.2. The molecule has 33 heavy (non-hydrogen) atoms. The van der Waals surface area contributed by atoms with Crippen LogP contribution in [0.25, 0.3) is 0 Å². The lowest BCUT2D eigenvalue weighted by molar-refractivity contribution is -0.119. The monoisotopic (exact) mass is 447 g/mol. The Morgan fingerprint density at radius 1 is 1.15 bits per heavy atom. The summed E-state index contributed by atoms with van der Waals surface area (Å²) in [5.74, 6) is -0.272. The fourth-order valence-corrected chi connectivity index (χ4v) is 4.51. The molecule has 0 bridgehead atoms. The number of hydrogen-bond acceptors (Lipinski definition) is 4. The summed E-state index contributed by atoms with van der Waals surface area (Å²) in [5.41, 5.74) is 4.51. The van der Waals surface area contributed by atoms with E-state index in [0.717, 1.165) is 48.3 Å². The average molecular weight is 448 g/mol. The maximum absolute atomic E-state index is 13.3. The third-order valence-corrected chi connectivity index (χ3v) is 6.55. The van der Waals surface area contributed by atoms with Gasteiger partial charge >= 0.3 is 6.03 Å².